The molecule has 0 aliphatic carbocycles. The van der Waals surface area contributed by atoms with Crippen molar-refractivity contribution >= 4 is 33.6 Å². The third kappa shape index (κ3) is 3.63. The summed E-state index contributed by atoms with van der Waals surface area (Å²) >= 11 is 0. The standard InChI is InChI=1S/C24H24N8O2/c1-5-11-31-22(33)17-13-25-23(26-15-9-10-16-14(2)29-30-18(16)12-15)28-21(17)32(31)20-8-6-7-19(27-20)24(3,4)34/h5-10,12-13,34H,1,11H2,2-4H3,(H,29,30)(H,25,26,28). The van der Waals surface area contributed by atoms with E-state index in [1.54, 1.807) is 42.8 Å². The van der Waals surface area contributed by atoms with Crippen molar-refractivity contribution in [3.8, 4) is 5.82 Å². The normalized spacial score (nSPS) is 11.9. The van der Waals surface area contributed by atoms with Crippen LogP contribution in [-0.4, -0.2) is 39.6 Å². The highest BCUT2D eigenvalue weighted by Gasteiger charge is 2.21. The maximum atomic E-state index is 13.1. The van der Waals surface area contributed by atoms with Gasteiger partial charge in [-0.05, 0) is 51.1 Å². The Balaban J connectivity index is 1.65. The van der Waals surface area contributed by atoms with Crippen LogP contribution in [0.2, 0.25) is 0 Å². The van der Waals surface area contributed by atoms with Crippen molar-refractivity contribution in [3.63, 3.8) is 0 Å². The summed E-state index contributed by atoms with van der Waals surface area (Å²) in [4.78, 5) is 26.7. The lowest BCUT2D eigenvalue weighted by Crippen LogP contribution is -2.23. The van der Waals surface area contributed by atoms with Gasteiger partial charge in [0.15, 0.2) is 11.5 Å². The maximum absolute atomic E-state index is 13.1. The molecule has 0 radical (unpaired) electrons. The lowest BCUT2D eigenvalue weighted by atomic mass is 10.1. The van der Waals surface area contributed by atoms with Gasteiger partial charge < -0.3 is 10.4 Å². The number of pyridine rings is 1. The summed E-state index contributed by atoms with van der Waals surface area (Å²) < 4.78 is 3.12. The van der Waals surface area contributed by atoms with E-state index in [4.69, 9.17) is 0 Å². The number of nitrogens with one attached hydrogen (secondary N) is 2. The van der Waals surface area contributed by atoms with E-state index in [2.05, 4.69) is 37.0 Å². The molecule has 34 heavy (non-hydrogen) atoms. The predicted molar refractivity (Wildman–Crippen MR) is 130 cm³/mol. The van der Waals surface area contributed by atoms with Crippen LogP contribution in [0.15, 0.2) is 60.0 Å². The number of aliphatic hydroxyl groups is 1. The van der Waals surface area contributed by atoms with E-state index in [1.807, 2.05) is 25.1 Å². The zero-order chi connectivity index (χ0) is 24.0. The van der Waals surface area contributed by atoms with Crippen LogP contribution in [0.3, 0.4) is 0 Å². The Morgan fingerprint density at radius 1 is 1.21 bits per heavy atom. The molecule has 5 aromatic rings. The largest absolute Gasteiger partial charge is 0.384 e. The Labute approximate surface area is 194 Å². The van der Waals surface area contributed by atoms with Crippen molar-refractivity contribution < 1.29 is 5.11 Å². The molecule has 1 aromatic carbocycles. The monoisotopic (exact) mass is 456 g/mol. The highest BCUT2D eigenvalue weighted by atomic mass is 16.3. The van der Waals surface area contributed by atoms with E-state index in [0.29, 0.717) is 28.5 Å². The molecule has 0 saturated heterocycles. The minimum Gasteiger partial charge on any atom is -0.384 e. The van der Waals surface area contributed by atoms with Gasteiger partial charge in [-0.3, -0.25) is 9.89 Å². The van der Waals surface area contributed by atoms with Crippen LogP contribution in [-0.2, 0) is 12.1 Å². The van der Waals surface area contributed by atoms with E-state index in [1.165, 1.54) is 10.9 Å². The minimum absolute atomic E-state index is 0.252. The summed E-state index contributed by atoms with van der Waals surface area (Å²) in [5.41, 5.74) is 2.05. The molecule has 0 saturated carbocycles. The van der Waals surface area contributed by atoms with Crippen molar-refractivity contribution in [3.05, 3.63) is 77.0 Å². The average Bonchev–Trinajstić information content (AvgIpc) is 3.30. The number of nitrogens with zero attached hydrogens (tertiary/aromatic N) is 6. The van der Waals surface area contributed by atoms with Gasteiger partial charge in [0.05, 0.1) is 23.4 Å². The number of aromatic nitrogens is 7. The summed E-state index contributed by atoms with van der Waals surface area (Å²) in [6, 6.07) is 11.1. The quantitative estimate of drug-likeness (QED) is 0.335. The molecular weight excluding hydrogens is 432 g/mol. The minimum atomic E-state index is -1.14. The lowest BCUT2D eigenvalue weighted by Gasteiger charge is -2.18. The van der Waals surface area contributed by atoms with Gasteiger partial charge in [-0.1, -0.05) is 12.1 Å². The Bertz CT molecular complexity index is 1600. The highest BCUT2D eigenvalue weighted by molar-refractivity contribution is 5.85. The van der Waals surface area contributed by atoms with Crippen LogP contribution >= 0.6 is 0 Å². The molecule has 172 valence electrons. The molecule has 0 aliphatic heterocycles. The highest BCUT2D eigenvalue weighted by Crippen LogP contribution is 2.24. The third-order valence-corrected chi connectivity index (χ3v) is 5.57. The number of fused-ring (bicyclic) bond motifs is 2. The topological polar surface area (TPSA) is 127 Å². The molecule has 5 rings (SSSR count). The number of allylic oxidation sites excluding steroid dienone is 1. The number of benzene rings is 1. The second-order valence-corrected chi connectivity index (χ2v) is 8.55. The summed E-state index contributed by atoms with van der Waals surface area (Å²) in [6.07, 6.45) is 3.13. The summed E-state index contributed by atoms with van der Waals surface area (Å²) in [5.74, 6) is 0.777. The Morgan fingerprint density at radius 2 is 2.03 bits per heavy atom. The van der Waals surface area contributed by atoms with Crippen molar-refractivity contribution in [2.24, 2.45) is 0 Å². The van der Waals surface area contributed by atoms with Crippen LogP contribution in [0.1, 0.15) is 25.2 Å². The van der Waals surface area contributed by atoms with Crippen LogP contribution in [0, 0.1) is 6.92 Å². The van der Waals surface area contributed by atoms with Crippen molar-refractivity contribution in [2.45, 2.75) is 32.9 Å². The second kappa shape index (κ2) is 7.92. The predicted octanol–water partition coefficient (Wildman–Crippen LogP) is 3.32. The molecule has 0 bridgehead atoms. The molecule has 0 atom stereocenters. The van der Waals surface area contributed by atoms with Gasteiger partial charge >= 0.3 is 0 Å². The molecule has 0 aliphatic rings. The van der Waals surface area contributed by atoms with Gasteiger partial charge in [0.1, 0.15) is 11.0 Å². The zero-order valence-corrected chi connectivity index (χ0v) is 19.1. The summed E-state index contributed by atoms with van der Waals surface area (Å²) in [5, 5.41) is 22.2. The second-order valence-electron chi connectivity index (χ2n) is 8.55. The first-order valence-corrected chi connectivity index (χ1v) is 10.8. The van der Waals surface area contributed by atoms with Gasteiger partial charge in [0.25, 0.3) is 5.56 Å². The van der Waals surface area contributed by atoms with Crippen LogP contribution in [0.5, 0.6) is 0 Å². The first-order valence-electron chi connectivity index (χ1n) is 10.8. The molecule has 3 N–H and O–H groups in total. The zero-order valence-electron chi connectivity index (χ0n) is 19.1. The van der Waals surface area contributed by atoms with Crippen LogP contribution in [0.25, 0.3) is 27.8 Å². The molecule has 0 unspecified atom stereocenters. The molecule has 10 nitrogen and oxygen atoms in total. The lowest BCUT2D eigenvalue weighted by molar-refractivity contribution is 0.0738. The molecule has 4 aromatic heterocycles. The van der Waals surface area contributed by atoms with Crippen molar-refractivity contribution in [1.29, 1.82) is 0 Å². The number of H-pyrrole nitrogens is 1. The Morgan fingerprint density at radius 3 is 2.79 bits per heavy atom. The molecule has 0 amide bonds. The molecule has 10 heteroatoms. The Hall–Kier alpha value is -4.31. The van der Waals surface area contributed by atoms with Crippen LogP contribution in [0.4, 0.5) is 11.6 Å². The van der Waals surface area contributed by atoms with Crippen LogP contribution < -0.4 is 10.9 Å². The molecule has 0 spiro atoms. The van der Waals surface area contributed by atoms with Crippen molar-refractivity contribution in [2.75, 3.05) is 5.32 Å². The van der Waals surface area contributed by atoms with Gasteiger partial charge in [-0.15, -0.1) is 6.58 Å². The van der Waals surface area contributed by atoms with E-state index in [0.717, 1.165) is 22.3 Å². The van der Waals surface area contributed by atoms with Gasteiger partial charge in [0, 0.05) is 17.3 Å². The number of aromatic amines is 1. The summed E-state index contributed by atoms with van der Waals surface area (Å²) in [6.45, 7) is 9.28. The molecule has 0 fully saturated rings. The number of hydrogen-bond donors (Lipinski definition) is 3. The maximum Gasteiger partial charge on any atom is 0.278 e. The Kier molecular flexibility index (Phi) is 5.02. The van der Waals surface area contributed by atoms with Gasteiger partial charge in [0.2, 0.25) is 5.95 Å². The first kappa shape index (κ1) is 21.5. The van der Waals surface area contributed by atoms with E-state index < -0.39 is 5.60 Å². The molecular formula is C24H24N8O2. The average molecular weight is 457 g/mol. The van der Waals surface area contributed by atoms with Gasteiger partial charge in [-0.25, -0.2) is 19.3 Å². The number of anilines is 2. The van der Waals surface area contributed by atoms with E-state index in [-0.39, 0.29) is 12.1 Å². The fraction of sp³-hybridized carbons (Fsp3) is 0.208. The smallest absolute Gasteiger partial charge is 0.278 e. The fourth-order valence-corrected chi connectivity index (χ4v) is 3.85. The van der Waals surface area contributed by atoms with E-state index >= 15 is 0 Å². The first-order chi connectivity index (χ1) is 16.3. The fourth-order valence-electron chi connectivity index (χ4n) is 3.85. The number of rotatable bonds is 6. The van der Waals surface area contributed by atoms with Crippen molar-refractivity contribution in [1.82, 2.24) is 34.5 Å². The summed E-state index contributed by atoms with van der Waals surface area (Å²) in [7, 11) is 0. The number of aryl methyl sites for hydroxylation is 1. The van der Waals surface area contributed by atoms with Gasteiger partial charge in [-0.2, -0.15) is 10.1 Å². The number of hydrogen-bond acceptors (Lipinski definition) is 7. The van der Waals surface area contributed by atoms with E-state index in [9.17, 15) is 9.90 Å². The SMILES string of the molecule is C=CCn1c(=O)c2cnc(Nc3ccc4c(C)n[nH]c4c3)nc2n1-c1cccc(C(C)(C)O)n1. The third-order valence-electron chi connectivity index (χ3n) is 5.57. The molecule has 4 heterocycles.